The van der Waals surface area contributed by atoms with E-state index in [0.717, 1.165) is 0 Å². The molecule has 1 atom stereocenters. The van der Waals surface area contributed by atoms with E-state index in [4.69, 9.17) is 0 Å². The Bertz CT molecular complexity index is 1020. The van der Waals surface area contributed by atoms with Crippen LogP contribution in [0.5, 0.6) is 5.75 Å². The fourth-order valence-electron chi connectivity index (χ4n) is 3.31. The second-order valence-electron chi connectivity index (χ2n) is 7.34. The fraction of sp³-hybridized carbons (Fsp3) is 0.400. The predicted octanol–water partition coefficient (Wildman–Crippen LogP) is 0.483. The minimum Gasteiger partial charge on any atom is -0.501 e. The molecule has 1 aliphatic rings. The average molecular weight is 417 g/mol. The molecule has 30 heavy (non-hydrogen) atoms. The Morgan fingerprint density at radius 3 is 2.60 bits per heavy atom. The molecule has 0 aliphatic carbocycles. The first-order valence-corrected chi connectivity index (χ1v) is 9.47. The summed E-state index contributed by atoms with van der Waals surface area (Å²) in [6.45, 7) is 2.68. The first-order valence-electron chi connectivity index (χ1n) is 9.47. The third kappa shape index (κ3) is 4.33. The van der Waals surface area contributed by atoms with Crippen LogP contribution >= 0.6 is 0 Å². The highest BCUT2D eigenvalue weighted by Crippen LogP contribution is 2.23. The Balaban J connectivity index is 1.96. The van der Waals surface area contributed by atoms with Crippen molar-refractivity contribution in [2.45, 2.75) is 26.1 Å². The van der Waals surface area contributed by atoms with E-state index in [-0.39, 0.29) is 24.8 Å². The summed E-state index contributed by atoms with van der Waals surface area (Å²) in [4.78, 5) is 45.1. The Morgan fingerprint density at radius 2 is 1.97 bits per heavy atom. The molecule has 0 saturated carbocycles. The minimum absolute atomic E-state index is 0.0676. The quantitative estimate of drug-likeness (QED) is 0.750. The van der Waals surface area contributed by atoms with Gasteiger partial charge in [0.05, 0.1) is 0 Å². The van der Waals surface area contributed by atoms with Crippen LogP contribution in [-0.2, 0) is 17.9 Å². The standard InChI is InChI=1S/C20H24FN5O4/c1-12(27)25(3)15-11-24(2)8-9-26-18(15)23-16(17(28)20(26)30)19(29)22-10-13-4-6-14(21)7-5-13/h4-7,15,28H,8-11H2,1-3H3,(H,22,29). The summed E-state index contributed by atoms with van der Waals surface area (Å²) in [5, 5.41) is 12.9. The molecule has 1 aliphatic heterocycles. The van der Waals surface area contributed by atoms with Gasteiger partial charge < -0.3 is 20.2 Å². The minimum atomic E-state index is -0.746. The van der Waals surface area contributed by atoms with Crippen molar-refractivity contribution in [3.8, 4) is 5.75 Å². The van der Waals surface area contributed by atoms with Crippen LogP contribution in [0.25, 0.3) is 0 Å². The topological polar surface area (TPSA) is 108 Å². The van der Waals surface area contributed by atoms with Crippen LogP contribution in [0.1, 0.15) is 34.8 Å². The van der Waals surface area contributed by atoms with Gasteiger partial charge in [-0.25, -0.2) is 9.37 Å². The zero-order valence-corrected chi connectivity index (χ0v) is 17.1. The number of halogens is 1. The molecule has 160 valence electrons. The van der Waals surface area contributed by atoms with Gasteiger partial charge >= 0.3 is 0 Å². The van der Waals surface area contributed by atoms with Crippen LogP contribution in [0.3, 0.4) is 0 Å². The molecule has 0 bridgehead atoms. The maximum atomic E-state index is 13.0. The van der Waals surface area contributed by atoms with Crippen LogP contribution < -0.4 is 10.9 Å². The molecule has 3 rings (SSSR count). The number of carbonyl (C=O) groups is 2. The number of benzene rings is 1. The number of hydrogen-bond acceptors (Lipinski definition) is 6. The van der Waals surface area contributed by atoms with E-state index in [0.29, 0.717) is 18.7 Å². The largest absolute Gasteiger partial charge is 0.501 e. The Labute approximate surface area is 172 Å². The van der Waals surface area contributed by atoms with E-state index in [1.165, 1.54) is 40.7 Å². The summed E-state index contributed by atoms with van der Waals surface area (Å²) in [5.41, 5.74) is -0.490. The lowest BCUT2D eigenvalue weighted by atomic mass is 10.2. The number of hydrogen-bond donors (Lipinski definition) is 2. The van der Waals surface area contributed by atoms with E-state index in [2.05, 4.69) is 10.3 Å². The molecule has 1 unspecified atom stereocenters. The number of likely N-dealkylation sites (N-methyl/N-ethyl adjacent to an activating group) is 2. The zero-order valence-electron chi connectivity index (χ0n) is 17.1. The van der Waals surface area contributed by atoms with E-state index in [9.17, 15) is 23.9 Å². The number of nitrogens with zero attached hydrogens (tertiary/aromatic N) is 4. The summed E-state index contributed by atoms with van der Waals surface area (Å²) in [5.74, 6) is -1.85. The first-order chi connectivity index (χ1) is 14.2. The van der Waals surface area contributed by atoms with Gasteiger partial charge in [-0.1, -0.05) is 12.1 Å². The highest BCUT2D eigenvalue weighted by Gasteiger charge is 2.31. The van der Waals surface area contributed by atoms with Crippen LogP contribution in [0, 0.1) is 5.82 Å². The van der Waals surface area contributed by atoms with Gasteiger partial charge in [-0.2, -0.15) is 0 Å². The van der Waals surface area contributed by atoms with Gasteiger partial charge in [0.25, 0.3) is 11.5 Å². The molecule has 0 fully saturated rings. The summed E-state index contributed by atoms with van der Waals surface area (Å²) in [6, 6.07) is 5.01. The Morgan fingerprint density at radius 1 is 1.30 bits per heavy atom. The Hall–Kier alpha value is -3.27. The third-order valence-electron chi connectivity index (χ3n) is 5.21. The number of carbonyl (C=O) groups excluding carboxylic acids is 2. The molecule has 0 radical (unpaired) electrons. The van der Waals surface area contributed by atoms with Crippen molar-refractivity contribution in [3.63, 3.8) is 0 Å². The number of amides is 2. The van der Waals surface area contributed by atoms with Crippen molar-refractivity contribution in [2.24, 2.45) is 0 Å². The van der Waals surface area contributed by atoms with Crippen molar-refractivity contribution < 1.29 is 19.1 Å². The first kappa shape index (κ1) is 21.4. The van der Waals surface area contributed by atoms with E-state index in [1.54, 1.807) is 7.05 Å². The lowest BCUT2D eigenvalue weighted by Gasteiger charge is -2.28. The highest BCUT2D eigenvalue weighted by molar-refractivity contribution is 5.94. The van der Waals surface area contributed by atoms with Crippen molar-refractivity contribution in [2.75, 3.05) is 27.2 Å². The van der Waals surface area contributed by atoms with E-state index < -0.39 is 34.8 Å². The molecule has 0 saturated heterocycles. The molecule has 2 heterocycles. The maximum Gasteiger partial charge on any atom is 0.296 e. The van der Waals surface area contributed by atoms with Gasteiger partial charge in [-0.15, -0.1) is 0 Å². The summed E-state index contributed by atoms with van der Waals surface area (Å²) in [6.07, 6.45) is 0. The van der Waals surface area contributed by atoms with Crippen molar-refractivity contribution >= 4 is 11.8 Å². The molecular weight excluding hydrogens is 393 g/mol. The van der Waals surface area contributed by atoms with Gasteiger partial charge in [-0.3, -0.25) is 19.0 Å². The van der Waals surface area contributed by atoms with Crippen LogP contribution in [0.4, 0.5) is 4.39 Å². The molecule has 1 aromatic heterocycles. The molecular formula is C20H24FN5O4. The van der Waals surface area contributed by atoms with E-state index >= 15 is 0 Å². The molecule has 10 heteroatoms. The SMILES string of the molecule is CC(=O)N(C)C1CN(C)CCn2c1nc(C(=O)NCc1ccc(F)cc1)c(O)c2=O. The Kier molecular flexibility index (Phi) is 6.16. The lowest BCUT2D eigenvalue weighted by molar-refractivity contribution is -0.130. The van der Waals surface area contributed by atoms with Crippen molar-refractivity contribution in [1.82, 2.24) is 24.7 Å². The van der Waals surface area contributed by atoms with Crippen LogP contribution in [0.2, 0.25) is 0 Å². The normalized spacial score (nSPS) is 16.5. The molecule has 0 spiro atoms. The van der Waals surface area contributed by atoms with Gasteiger partial charge in [-0.05, 0) is 24.7 Å². The second kappa shape index (κ2) is 8.62. The van der Waals surface area contributed by atoms with Crippen LogP contribution in [-0.4, -0.2) is 63.5 Å². The number of nitrogens with one attached hydrogen (secondary N) is 1. The molecule has 1 aromatic carbocycles. The average Bonchev–Trinajstić information content (AvgIpc) is 2.88. The third-order valence-corrected chi connectivity index (χ3v) is 5.21. The smallest absolute Gasteiger partial charge is 0.296 e. The lowest BCUT2D eigenvalue weighted by Crippen LogP contribution is -2.39. The summed E-state index contributed by atoms with van der Waals surface area (Å²) in [7, 11) is 3.46. The van der Waals surface area contributed by atoms with E-state index in [1.807, 2.05) is 11.9 Å². The monoisotopic (exact) mass is 417 g/mol. The van der Waals surface area contributed by atoms with Gasteiger partial charge in [0.1, 0.15) is 17.7 Å². The molecule has 9 nitrogen and oxygen atoms in total. The highest BCUT2D eigenvalue weighted by atomic mass is 19.1. The van der Waals surface area contributed by atoms with Crippen molar-refractivity contribution in [3.05, 3.63) is 57.5 Å². The van der Waals surface area contributed by atoms with Crippen LogP contribution in [0.15, 0.2) is 29.1 Å². The second-order valence-corrected chi connectivity index (χ2v) is 7.34. The number of rotatable bonds is 4. The van der Waals surface area contributed by atoms with Crippen molar-refractivity contribution in [1.29, 1.82) is 0 Å². The number of aromatic nitrogens is 2. The summed E-state index contributed by atoms with van der Waals surface area (Å²) < 4.78 is 14.3. The van der Waals surface area contributed by atoms with Gasteiger partial charge in [0, 0.05) is 40.2 Å². The predicted molar refractivity (Wildman–Crippen MR) is 106 cm³/mol. The molecule has 2 N–H and O–H groups in total. The molecule has 2 amide bonds. The van der Waals surface area contributed by atoms with Gasteiger partial charge in [0.15, 0.2) is 5.69 Å². The maximum absolute atomic E-state index is 13.0. The summed E-state index contributed by atoms with van der Waals surface area (Å²) >= 11 is 0. The molecule has 2 aromatic rings. The number of aromatic hydroxyl groups is 1. The fourth-order valence-corrected chi connectivity index (χ4v) is 3.31. The zero-order chi connectivity index (χ0) is 22.0. The number of fused-ring (bicyclic) bond motifs is 1. The van der Waals surface area contributed by atoms with Gasteiger partial charge in [0.2, 0.25) is 11.7 Å².